The number of nitrogens with zero attached hydrogens (tertiary/aromatic N) is 1. The van der Waals surface area contributed by atoms with Crippen LogP contribution in [-0.2, 0) is 4.79 Å². The van der Waals surface area contributed by atoms with E-state index in [1.54, 1.807) is 6.07 Å². The summed E-state index contributed by atoms with van der Waals surface area (Å²) in [6.45, 7) is 4.18. The molecule has 0 spiro atoms. The summed E-state index contributed by atoms with van der Waals surface area (Å²) in [7, 11) is 0. The van der Waals surface area contributed by atoms with Crippen molar-refractivity contribution in [1.29, 1.82) is 0 Å². The molecule has 1 aliphatic rings. The number of hydrogen-bond donors (Lipinski definition) is 1. The van der Waals surface area contributed by atoms with Crippen LogP contribution in [0.2, 0.25) is 5.02 Å². The van der Waals surface area contributed by atoms with Crippen LogP contribution in [0.25, 0.3) is 0 Å². The molecule has 0 saturated carbocycles. The smallest absolute Gasteiger partial charge is 0.224 e. The van der Waals surface area contributed by atoms with Gasteiger partial charge in [0, 0.05) is 17.5 Å². The summed E-state index contributed by atoms with van der Waals surface area (Å²) in [6, 6.07) is 15.1. The summed E-state index contributed by atoms with van der Waals surface area (Å²) >= 11 is 5.74. The van der Waals surface area contributed by atoms with Gasteiger partial charge in [-0.1, -0.05) is 41.9 Å². The highest BCUT2D eigenvalue weighted by Crippen LogP contribution is 2.28. The predicted octanol–water partition coefficient (Wildman–Crippen LogP) is 5.28. The molecule has 0 bridgehead atoms. The van der Waals surface area contributed by atoms with E-state index in [2.05, 4.69) is 41.4 Å². The average molecular weight is 375 g/mol. The number of carbonyl (C=O) groups is 1. The zero-order valence-corrected chi connectivity index (χ0v) is 15.7. The molecule has 1 atom stereocenters. The van der Waals surface area contributed by atoms with Crippen LogP contribution in [0.1, 0.15) is 37.8 Å². The Balaban J connectivity index is 1.48. The van der Waals surface area contributed by atoms with Gasteiger partial charge in [0.15, 0.2) is 0 Å². The predicted molar refractivity (Wildman–Crippen MR) is 104 cm³/mol. The normalized spacial score (nSPS) is 17.0. The van der Waals surface area contributed by atoms with Crippen molar-refractivity contribution in [2.24, 2.45) is 5.92 Å². The Morgan fingerprint density at radius 1 is 1.23 bits per heavy atom. The lowest BCUT2D eigenvalue weighted by Crippen LogP contribution is -2.36. The highest BCUT2D eigenvalue weighted by Gasteiger charge is 2.25. The molecule has 3 rings (SSSR count). The van der Waals surface area contributed by atoms with Gasteiger partial charge in [0.25, 0.3) is 0 Å². The Hall–Kier alpha value is -1.91. The Kier molecular flexibility index (Phi) is 6.28. The second kappa shape index (κ2) is 8.65. The van der Waals surface area contributed by atoms with Gasteiger partial charge in [-0.2, -0.15) is 0 Å². The first-order valence-corrected chi connectivity index (χ1v) is 9.44. The first-order chi connectivity index (χ1) is 12.5. The van der Waals surface area contributed by atoms with Crippen molar-refractivity contribution in [2.45, 2.75) is 32.2 Å². The van der Waals surface area contributed by atoms with E-state index >= 15 is 0 Å². The summed E-state index contributed by atoms with van der Waals surface area (Å²) in [4.78, 5) is 14.7. The van der Waals surface area contributed by atoms with Gasteiger partial charge >= 0.3 is 0 Å². The molecule has 26 heavy (non-hydrogen) atoms. The molecule has 1 amide bonds. The lowest BCUT2D eigenvalue weighted by Gasteiger charge is -2.36. The molecule has 1 N–H and O–H groups in total. The first kappa shape index (κ1) is 18.9. The minimum atomic E-state index is -0.502. The van der Waals surface area contributed by atoms with Crippen LogP contribution in [0.3, 0.4) is 0 Å². The minimum absolute atomic E-state index is 0.138. The average Bonchev–Trinajstić information content (AvgIpc) is 2.65. The van der Waals surface area contributed by atoms with Crippen molar-refractivity contribution in [2.75, 3.05) is 18.4 Å². The summed E-state index contributed by atoms with van der Waals surface area (Å²) in [5.74, 6) is -0.303. The molecular weight excluding hydrogens is 351 g/mol. The lowest BCUT2D eigenvalue weighted by atomic mass is 9.91. The Bertz CT molecular complexity index is 745. The van der Waals surface area contributed by atoms with Gasteiger partial charge in [-0.05, 0) is 62.5 Å². The van der Waals surface area contributed by atoms with Crippen LogP contribution < -0.4 is 5.32 Å². The van der Waals surface area contributed by atoms with E-state index in [0.717, 1.165) is 25.9 Å². The number of hydrogen-bond acceptors (Lipinski definition) is 2. The third kappa shape index (κ3) is 4.83. The zero-order chi connectivity index (χ0) is 18.5. The molecule has 0 radical (unpaired) electrons. The van der Waals surface area contributed by atoms with E-state index in [0.29, 0.717) is 23.4 Å². The molecule has 1 heterocycles. The molecule has 5 heteroatoms. The fraction of sp³-hybridized carbons (Fsp3) is 0.381. The van der Waals surface area contributed by atoms with Crippen LogP contribution in [0, 0.1) is 11.7 Å². The minimum Gasteiger partial charge on any atom is -0.324 e. The summed E-state index contributed by atoms with van der Waals surface area (Å²) < 4.78 is 13.8. The monoisotopic (exact) mass is 374 g/mol. The van der Waals surface area contributed by atoms with Gasteiger partial charge in [0.05, 0.1) is 5.69 Å². The fourth-order valence-electron chi connectivity index (χ4n) is 3.54. The Morgan fingerprint density at radius 3 is 2.58 bits per heavy atom. The molecule has 1 unspecified atom stereocenters. The molecule has 1 aliphatic heterocycles. The number of piperidine rings is 1. The largest absolute Gasteiger partial charge is 0.324 e. The molecule has 0 aromatic heterocycles. The lowest BCUT2D eigenvalue weighted by molar-refractivity contribution is -0.117. The quantitative estimate of drug-likeness (QED) is 0.772. The topological polar surface area (TPSA) is 32.3 Å². The second-order valence-electron chi connectivity index (χ2n) is 6.94. The Labute approximate surface area is 159 Å². The third-order valence-corrected chi connectivity index (χ3v) is 5.39. The van der Waals surface area contributed by atoms with Crippen molar-refractivity contribution in [3.63, 3.8) is 0 Å². The van der Waals surface area contributed by atoms with Crippen LogP contribution in [0.4, 0.5) is 10.1 Å². The highest BCUT2D eigenvalue weighted by atomic mass is 35.5. The van der Waals surface area contributed by atoms with Gasteiger partial charge in [0.2, 0.25) is 5.91 Å². The SMILES string of the molecule is CC(c1ccccc1)N1CCC(CC(=O)Nc2ccc(Cl)cc2F)CC1. The molecule has 2 aromatic rings. The number of anilines is 1. The maximum absolute atomic E-state index is 13.8. The maximum atomic E-state index is 13.8. The maximum Gasteiger partial charge on any atom is 0.224 e. The molecule has 1 fully saturated rings. The van der Waals surface area contributed by atoms with E-state index in [1.165, 1.54) is 17.7 Å². The van der Waals surface area contributed by atoms with Crippen molar-refractivity contribution >= 4 is 23.2 Å². The van der Waals surface area contributed by atoms with E-state index in [-0.39, 0.29) is 11.6 Å². The van der Waals surface area contributed by atoms with Crippen molar-refractivity contribution in [3.05, 3.63) is 64.9 Å². The van der Waals surface area contributed by atoms with E-state index in [9.17, 15) is 9.18 Å². The van der Waals surface area contributed by atoms with E-state index in [1.807, 2.05) is 6.07 Å². The Morgan fingerprint density at radius 2 is 1.92 bits per heavy atom. The fourth-order valence-corrected chi connectivity index (χ4v) is 3.70. The van der Waals surface area contributed by atoms with Crippen molar-refractivity contribution < 1.29 is 9.18 Å². The van der Waals surface area contributed by atoms with Gasteiger partial charge in [0.1, 0.15) is 5.82 Å². The van der Waals surface area contributed by atoms with Crippen LogP contribution in [-0.4, -0.2) is 23.9 Å². The highest BCUT2D eigenvalue weighted by molar-refractivity contribution is 6.30. The summed E-state index contributed by atoms with van der Waals surface area (Å²) in [5, 5.41) is 2.98. The summed E-state index contributed by atoms with van der Waals surface area (Å²) in [5.41, 5.74) is 1.51. The number of nitrogens with one attached hydrogen (secondary N) is 1. The standard InChI is InChI=1S/C21H24ClFN2O/c1-15(17-5-3-2-4-6-17)25-11-9-16(10-12-25)13-21(26)24-20-8-7-18(22)14-19(20)23/h2-8,14-16H,9-13H2,1H3,(H,24,26). The van der Waals surface area contributed by atoms with Crippen LogP contribution in [0.15, 0.2) is 48.5 Å². The zero-order valence-electron chi connectivity index (χ0n) is 14.9. The number of benzene rings is 2. The first-order valence-electron chi connectivity index (χ1n) is 9.07. The molecule has 2 aromatic carbocycles. The van der Waals surface area contributed by atoms with E-state index < -0.39 is 5.82 Å². The van der Waals surface area contributed by atoms with Gasteiger partial charge < -0.3 is 5.32 Å². The number of carbonyl (C=O) groups excluding carboxylic acids is 1. The van der Waals surface area contributed by atoms with Crippen LogP contribution in [0.5, 0.6) is 0 Å². The van der Waals surface area contributed by atoms with E-state index in [4.69, 9.17) is 11.6 Å². The number of rotatable bonds is 5. The van der Waals surface area contributed by atoms with Gasteiger partial charge in [-0.3, -0.25) is 9.69 Å². The van der Waals surface area contributed by atoms with Gasteiger partial charge in [-0.25, -0.2) is 4.39 Å². The third-order valence-electron chi connectivity index (χ3n) is 5.16. The number of amides is 1. The number of likely N-dealkylation sites (tertiary alicyclic amines) is 1. The second-order valence-corrected chi connectivity index (χ2v) is 7.38. The molecule has 0 aliphatic carbocycles. The molecule has 138 valence electrons. The molecule has 1 saturated heterocycles. The van der Waals surface area contributed by atoms with Crippen molar-refractivity contribution in [3.8, 4) is 0 Å². The van der Waals surface area contributed by atoms with Crippen LogP contribution >= 0.6 is 11.6 Å². The van der Waals surface area contributed by atoms with Gasteiger partial charge in [-0.15, -0.1) is 0 Å². The molecule has 3 nitrogen and oxygen atoms in total. The van der Waals surface area contributed by atoms with Crippen molar-refractivity contribution in [1.82, 2.24) is 4.90 Å². The summed E-state index contributed by atoms with van der Waals surface area (Å²) in [6.07, 6.45) is 2.39. The molecular formula is C21H24ClFN2O. The number of halogens is 2.